The molecular formula is C30H33ClN4O4. The monoisotopic (exact) mass is 548 g/mol. The minimum Gasteiger partial charge on any atom is -0.464 e. The Morgan fingerprint density at radius 2 is 1.79 bits per heavy atom. The van der Waals surface area contributed by atoms with Gasteiger partial charge in [-0.2, -0.15) is 0 Å². The normalized spacial score (nSPS) is 11.8. The van der Waals surface area contributed by atoms with E-state index in [1.807, 2.05) is 59.2 Å². The van der Waals surface area contributed by atoms with Gasteiger partial charge in [-0.1, -0.05) is 67.4 Å². The molecule has 0 saturated heterocycles. The second-order valence-corrected chi connectivity index (χ2v) is 9.66. The van der Waals surface area contributed by atoms with E-state index in [9.17, 15) is 14.7 Å². The van der Waals surface area contributed by atoms with Crippen molar-refractivity contribution in [2.24, 2.45) is 0 Å². The maximum Gasteiger partial charge on any atom is 0.354 e. The molecule has 204 valence electrons. The Bertz CT molecular complexity index is 1400. The molecule has 8 nitrogen and oxygen atoms in total. The third kappa shape index (κ3) is 6.77. The number of methoxy groups -OCH3 is 1. The van der Waals surface area contributed by atoms with Crippen molar-refractivity contribution in [3.63, 3.8) is 0 Å². The number of anilines is 1. The van der Waals surface area contributed by atoms with Crippen LogP contribution in [0.1, 0.15) is 58.9 Å². The van der Waals surface area contributed by atoms with Crippen LogP contribution in [0.3, 0.4) is 0 Å². The Morgan fingerprint density at radius 3 is 2.46 bits per heavy atom. The molecule has 39 heavy (non-hydrogen) atoms. The number of aliphatic hydroxyl groups is 1. The lowest BCUT2D eigenvalue weighted by Crippen LogP contribution is -2.29. The summed E-state index contributed by atoms with van der Waals surface area (Å²) in [6.45, 7) is 2.43. The molecule has 0 bridgehead atoms. The van der Waals surface area contributed by atoms with Crippen molar-refractivity contribution in [2.45, 2.75) is 51.8 Å². The second-order valence-electron chi connectivity index (χ2n) is 9.30. The molecule has 1 atom stereocenters. The van der Waals surface area contributed by atoms with Gasteiger partial charge < -0.3 is 24.3 Å². The average Bonchev–Trinajstić information content (AvgIpc) is 3.55. The summed E-state index contributed by atoms with van der Waals surface area (Å²) in [5.41, 5.74) is 3.48. The standard InChI is InChI=1S/C30H33ClN4O4/c1-3-4-12-27-33-28(31)26(20-36)35(27)19-22-13-15-23(16-14-22)32-29(37)25(18-21-9-6-5-7-10-21)34-17-8-11-24(34)30(38)39-2/h5-11,13-17,25,36H,3-4,12,18-20H2,1-2H3,(H,32,37)/t25-/m0/s1. The Balaban J connectivity index is 1.54. The lowest BCUT2D eigenvalue weighted by Gasteiger charge is -2.21. The molecule has 0 fully saturated rings. The van der Waals surface area contributed by atoms with Crippen LogP contribution in [-0.2, 0) is 35.5 Å². The van der Waals surface area contributed by atoms with Gasteiger partial charge in [0.05, 0.1) is 19.4 Å². The van der Waals surface area contributed by atoms with Crippen molar-refractivity contribution in [3.8, 4) is 0 Å². The Kier molecular flexibility index (Phi) is 9.57. The van der Waals surface area contributed by atoms with Crippen molar-refractivity contribution in [1.29, 1.82) is 0 Å². The number of aliphatic hydroxyl groups excluding tert-OH is 1. The summed E-state index contributed by atoms with van der Waals surface area (Å²) in [4.78, 5) is 30.3. The number of benzene rings is 2. The molecule has 9 heteroatoms. The first-order chi connectivity index (χ1) is 18.9. The lowest BCUT2D eigenvalue weighted by atomic mass is 10.0. The smallest absolute Gasteiger partial charge is 0.354 e. The summed E-state index contributed by atoms with van der Waals surface area (Å²) >= 11 is 6.28. The number of rotatable bonds is 12. The van der Waals surface area contributed by atoms with Crippen LogP contribution in [0.2, 0.25) is 5.15 Å². The van der Waals surface area contributed by atoms with E-state index in [0.29, 0.717) is 35.2 Å². The van der Waals surface area contributed by atoms with Crippen LogP contribution in [0.5, 0.6) is 0 Å². The van der Waals surface area contributed by atoms with Gasteiger partial charge in [0.25, 0.3) is 0 Å². The van der Waals surface area contributed by atoms with Crippen molar-refractivity contribution in [1.82, 2.24) is 14.1 Å². The first-order valence-electron chi connectivity index (χ1n) is 13.0. The quantitative estimate of drug-likeness (QED) is 0.230. The number of esters is 1. The molecule has 0 radical (unpaired) electrons. The summed E-state index contributed by atoms with van der Waals surface area (Å²) in [7, 11) is 1.32. The number of aryl methyl sites for hydroxylation is 1. The molecule has 2 N–H and O–H groups in total. The van der Waals surface area contributed by atoms with E-state index < -0.39 is 12.0 Å². The van der Waals surface area contributed by atoms with Gasteiger partial charge in [-0.3, -0.25) is 4.79 Å². The van der Waals surface area contributed by atoms with E-state index in [4.69, 9.17) is 16.3 Å². The van der Waals surface area contributed by atoms with E-state index >= 15 is 0 Å². The predicted octanol–water partition coefficient (Wildman–Crippen LogP) is 5.43. The van der Waals surface area contributed by atoms with Gasteiger partial charge in [-0.05, 0) is 41.8 Å². The lowest BCUT2D eigenvalue weighted by molar-refractivity contribution is -0.119. The minimum atomic E-state index is -0.669. The van der Waals surface area contributed by atoms with Crippen LogP contribution < -0.4 is 5.32 Å². The molecule has 4 aromatic rings. The fourth-order valence-corrected chi connectivity index (χ4v) is 4.83. The summed E-state index contributed by atoms with van der Waals surface area (Å²) in [6, 6.07) is 19.9. The largest absolute Gasteiger partial charge is 0.464 e. The zero-order valence-corrected chi connectivity index (χ0v) is 22.9. The first-order valence-corrected chi connectivity index (χ1v) is 13.4. The SMILES string of the molecule is CCCCc1nc(Cl)c(CO)n1Cc1ccc(NC(=O)[C@H](Cc2ccccc2)n2cccc2C(=O)OC)cc1. The van der Waals surface area contributed by atoms with Crippen LogP contribution in [0.25, 0.3) is 0 Å². The second kappa shape index (κ2) is 13.3. The van der Waals surface area contributed by atoms with E-state index in [0.717, 1.165) is 36.2 Å². The molecule has 0 spiro atoms. The van der Waals surface area contributed by atoms with Gasteiger partial charge in [0.15, 0.2) is 5.15 Å². The van der Waals surface area contributed by atoms with Crippen molar-refractivity contribution < 1.29 is 19.4 Å². The minimum absolute atomic E-state index is 0.193. The predicted molar refractivity (Wildman–Crippen MR) is 151 cm³/mol. The Labute approximate surface area is 233 Å². The van der Waals surface area contributed by atoms with Crippen molar-refractivity contribution in [2.75, 3.05) is 12.4 Å². The summed E-state index contributed by atoms with van der Waals surface area (Å²) in [6.07, 6.45) is 4.90. The summed E-state index contributed by atoms with van der Waals surface area (Å²) in [5.74, 6) is 0.0920. The molecule has 0 unspecified atom stereocenters. The van der Waals surface area contributed by atoms with Gasteiger partial charge in [0, 0.05) is 31.3 Å². The van der Waals surface area contributed by atoms with Gasteiger partial charge in [0.2, 0.25) is 5.91 Å². The van der Waals surface area contributed by atoms with Gasteiger partial charge >= 0.3 is 5.97 Å². The third-order valence-electron chi connectivity index (χ3n) is 6.65. The van der Waals surface area contributed by atoms with Crippen LogP contribution in [0, 0.1) is 0 Å². The highest BCUT2D eigenvalue weighted by atomic mass is 35.5. The number of carbonyl (C=O) groups excluding carboxylic acids is 2. The Hall–Kier alpha value is -3.88. The zero-order valence-electron chi connectivity index (χ0n) is 22.1. The van der Waals surface area contributed by atoms with Crippen LogP contribution in [0.4, 0.5) is 5.69 Å². The number of imidazole rings is 1. The van der Waals surface area contributed by atoms with E-state index in [2.05, 4.69) is 17.2 Å². The molecule has 4 rings (SSSR count). The van der Waals surface area contributed by atoms with Gasteiger partial charge in [-0.15, -0.1) is 0 Å². The fraction of sp³-hybridized carbons (Fsp3) is 0.300. The van der Waals surface area contributed by atoms with E-state index in [-0.39, 0.29) is 12.5 Å². The number of ether oxygens (including phenoxy) is 1. The van der Waals surface area contributed by atoms with Crippen LogP contribution in [0.15, 0.2) is 72.9 Å². The van der Waals surface area contributed by atoms with Gasteiger partial charge in [0.1, 0.15) is 17.6 Å². The van der Waals surface area contributed by atoms with Crippen molar-refractivity contribution >= 4 is 29.2 Å². The zero-order chi connectivity index (χ0) is 27.8. The summed E-state index contributed by atoms with van der Waals surface area (Å²) < 4.78 is 8.53. The molecule has 1 amide bonds. The fourth-order valence-electron chi connectivity index (χ4n) is 4.57. The number of nitrogens with one attached hydrogen (secondary N) is 1. The molecule has 0 aliphatic heterocycles. The first kappa shape index (κ1) is 28.1. The number of halogens is 1. The number of aromatic nitrogens is 3. The molecule has 0 aliphatic rings. The third-order valence-corrected chi connectivity index (χ3v) is 6.96. The maximum absolute atomic E-state index is 13.5. The molecule has 0 aliphatic carbocycles. The molecule has 2 aromatic carbocycles. The number of unbranched alkanes of at least 4 members (excludes halogenated alkanes) is 1. The average molecular weight is 549 g/mol. The van der Waals surface area contributed by atoms with Gasteiger partial charge in [-0.25, -0.2) is 9.78 Å². The summed E-state index contributed by atoms with van der Waals surface area (Å²) in [5, 5.41) is 13.2. The number of amides is 1. The van der Waals surface area contributed by atoms with E-state index in [1.54, 1.807) is 22.9 Å². The molecule has 2 aromatic heterocycles. The maximum atomic E-state index is 13.5. The highest BCUT2D eigenvalue weighted by molar-refractivity contribution is 6.30. The van der Waals surface area contributed by atoms with Crippen LogP contribution in [-0.4, -0.2) is 38.2 Å². The van der Waals surface area contributed by atoms with E-state index in [1.165, 1.54) is 7.11 Å². The molecular weight excluding hydrogens is 516 g/mol. The highest BCUT2D eigenvalue weighted by Gasteiger charge is 2.25. The number of carbonyl (C=O) groups is 2. The number of hydrogen-bond donors (Lipinski definition) is 2. The Morgan fingerprint density at radius 1 is 1.05 bits per heavy atom. The number of hydrogen-bond acceptors (Lipinski definition) is 5. The molecule has 0 saturated carbocycles. The highest BCUT2D eigenvalue weighted by Crippen LogP contribution is 2.23. The topological polar surface area (TPSA) is 98.4 Å². The van der Waals surface area contributed by atoms with Crippen molar-refractivity contribution in [3.05, 3.63) is 106 Å². The number of nitrogens with zero attached hydrogens (tertiary/aromatic N) is 3. The van der Waals surface area contributed by atoms with Crippen LogP contribution >= 0.6 is 11.6 Å². The molecule has 2 heterocycles.